The van der Waals surface area contributed by atoms with E-state index in [1.165, 1.54) is 16.4 Å². The van der Waals surface area contributed by atoms with E-state index in [0.29, 0.717) is 19.4 Å². The SMILES string of the molecule is O=C(Nc1ccc(Cl)c(C(F)(F)F)c1)C1CCCN(S(=O)(=O)c2cccs2)C1. The molecule has 1 amide bonds. The molecule has 1 N–H and O–H groups in total. The summed E-state index contributed by atoms with van der Waals surface area (Å²) in [6, 6.07) is 6.23. The van der Waals surface area contributed by atoms with Crippen molar-refractivity contribution >= 4 is 44.6 Å². The van der Waals surface area contributed by atoms with Crippen LogP contribution in [0, 0.1) is 5.92 Å². The molecular formula is C17H16ClF3N2O3S2. The van der Waals surface area contributed by atoms with Crippen molar-refractivity contribution in [2.75, 3.05) is 18.4 Å². The summed E-state index contributed by atoms with van der Waals surface area (Å²) < 4.78 is 65.6. The molecule has 1 unspecified atom stereocenters. The Kier molecular flexibility index (Phi) is 6.04. The fourth-order valence-corrected chi connectivity index (χ4v) is 5.87. The normalized spacial score (nSPS) is 18.8. The number of hydrogen-bond donors (Lipinski definition) is 1. The van der Waals surface area contributed by atoms with Crippen molar-refractivity contribution in [2.24, 2.45) is 5.92 Å². The van der Waals surface area contributed by atoms with Crippen LogP contribution < -0.4 is 5.32 Å². The quantitative estimate of drug-likeness (QED) is 0.744. The zero-order chi connectivity index (χ0) is 20.5. The van der Waals surface area contributed by atoms with Gasteiger partial charge in [-0.3, -0.25) is 4.79 Å². The van der Waals surface area contributed by atoms with Gasteiger partial charge in [0.1, 0.15) is 4.21 Å². The van der Waals surface area contributed by atoms with E-state index in [-0.39, 0.29) is 16.4 Å². The molecule has 5 nitrogen and oxygen atoms in total. The summed E-state index contributed by atoms with van der Waals surface area (Å²) in [4.78, 5) is 12.5. The third kappa shape index (κ3) is 4.51. The van der Waals surface area contributed by atoms with Gasteiger partial charge < -0.3 is 5.32 Å². The van der Waals surface area contributed by atoms with Crippen LogP contribution >= 0.6 is 22.9 Å². The fraction of sp³-hybridized carbons (Fsp3) is 0.353. The van der Waals surface area contributed by atoms with E-state index in [4.69, 9.17) is 11.6 Å². The van der Waals surface area contributed by atoms with Gasteiger partial charge >= 0.3 is 6.18 Å². The Hall–Kier alpha value is -1.62. The highest BCUT2D eigenvalue weighted by Gasteiger charge is 2.35. The third-order valence-electron chi connectivity index (χ3n) is 4.38. The van der Waals surface area contributed by atoms with Gasteiger partial charge in [0.25, 0.3) is 10.0 Å². The molecule has 0 spiro atoms. The summed E-state index contributed by atoms with van der Waals surface area (Å²) in [6.45, 7) is 0.273. The van der Waals surface area contributed by atoms with E-state index in [1.807, 2.05) is 0 Å². The van der Waals surface area contributed by atoms with Crippen molar-refractivity contribution in [2.45, 2.75) is 23.2 Å². The van der Waals surface area contributed by atoms with Crippen LogP contribution in [-0.2, 0) is 21.0 Å². The van der Waals surface area contributed by atoms with Gasteiger partial charge in [0.15, 0.2) is 0 Å². The Morgan fingerprint density at radius 3 is 2.68 bits per heavy atom. The Labute approximate surface area is 169 Å². The molecule has 2 aromatic rings. The van der Waals surface area contributed by atoms with E-state index in [9.17, 15) is 26.4 Å². The van der Waals surface area contributed by atoms with E-state index in [1.54, 1.807) is 11.4 Å². The number of halogens is 4. The maximum atomic E-state index is 13.0. The molecule has 11 heteroatoms. The minimum absolute atomic E-state index is 0.0220. The third-order valence-corrected chi connectivity index (χ3v) is 7.95. The molecule has 0 radical (unpaired) electrons. The number of hydrogen-bond acceptors (Lipinski definition) is 4. The Bertz CT molecular complexity index is 963. The van der Waals surface area contributed by atoms with Crippen LogP contribution in [-0.4, -0.2) is 31.7 Å². The van der Waals surface area contributed by atoms with Crippen LogP contribution in [0.3, 0.4) is 0 Å². The Balaban J connectivity index is 1.73. The van der Waals surface area contributed by atoms with Gasteiger partial charge in [-0.15, -0.1) is 11.3 Å². The fourth-order valence-electron chi connectivity index (χ4n) is 2.98. The van der Waals surface area contributed by atoms with Crippen LogP contribution in [0.1, 0.15) is 18.4 Å². The second kappa shape index (κ2) is 8.02. The van der Waals surface area contributed by atoms with Crippen molar-refractivity contribution in [3.05, 3.63) is 46.3 Å². The molecule has 152 valence electrons. The average Bonchev–Trinajstić information content (AvgIpc) is 3.18. The minimum Gasteiger partial charge on any atom is -0.326 e. The Morgan fingerprint density at radius 1 is 1.29 bits per heavy atom. The maximum absolute atomic E-state index is 13.0. The lowest BCUT2D eigenvalue weighted by atomic mass is 9.98. The average molecular weight is 453 g/mol. The zero-order valence-electron chi connectivity index (χ0n) is 14.4. The molecule has 1 fully saturated rings. The monoisotopic (exact) mass is 452 g/mol. The summed E-state index contributed by atoms with van der Waals surface area (Å²) >= 11 is 6.67. The molecule has 1 aromatic heterocycles. The summed E-state index contributed by atoms with van der Waals surface area (Å²) in [5.41, 5.74) is -1.09. The predicted molar refractivity (Wildman–Crippen MR) is 101 cm³/mol. The first kappa shape index (κ1) is 21.1. The first-order valence-corrected chi connectivity index (χ1v) is 11.0. The lowest BCUT2D eigenvalue weighted by Gasteiger charge is -2.30. The van der Waals surface area contributed by atoms with Crippen LogP contribution in [0.4, 0.5) is 18.9 Å². The predicted octanol–water partition coefficient (Wildman–Crippen LogP) is 4.46. The molecule has 0 saturated carbocycles. The van der Waals surface area contributed by atoms with E-state index >= 15 is 0 Å². The molecule has 3 rings (SSSR count). The lowest BCUT2D eigenvalue weighted by Crippen LogP contribution is -2.43. The van der Waals surface area contributed by atoms with Gasteiger partial charge in [-0.2, -0.15) is 17.5 Å². The molecular weight excluding hydrogens is 437 g/mol. The molecule has 1 aromatic carbocycles. The Morgan fingerprint density at radius 2 is 2.04 bits per heavy atom. The van der Waals surface area contributed by atoms with Gasteiger partial charge in [0, 0.05) is 18.8 Å². The topological polar surface area (TPSA) is 66.5 Å². The number of sulfonamides is 1. The number of rotatable bonds is 4. The number of nitrogens with one attached hydrogen (secondary N) is 1. The molecule has 2 heterocycles. The molecule has 1 aliphatic rings. The van der Waals surface area contributed by atoms with Crippen molar-refractivity contribution < 1.29 is 26.4 Å². The molecule has 0 bridgehead atoms. The summed E-state index contributed by atoms with van der Waals surface area (Å²) in [6.07, 6.45) is -3.71. The lowest BCUT2D eigenvalue weighted by molar-refractivity contribution is -0.137. The van der Waals surface area contributed by atoms with Gasteiger partial charge in [-0.1, -0.05) is 17.7 Å². The van der Waals surface area contributed by atoms with Crippen molar-refractivity contribution in [3.8, 4) is 0 Å². The first-order valence-electron chi connectivity index (χ1n) is 8.30. The molecule has 1 saturated heterocycles. The van der Waals surface area contributed by atoms with Gasteiger partial charge in [-0.25, -0.2) is 8.42 Å². The highest BCUT2D eigenvalue weighted by Crippen LogP contribution is 2.36. The summed E-state index contributed by atoms with van der Waals surface area (Å²) in [5, 5.41) is 3.63. The molecule has 1 atom stereocenters. The minimum atomic E-state index is -4.64. The number of alkyl halides is 3. The molecule has 1 aliphatic heterocycles. The van der Waals surface area contributed by atoms with Gasteiger partial charge in [-0.05, 0) is 42.5 Å². The van der Waals surface area contributed by atoms with Gasteiger partial charge in [0.2, 0.25) is 5.91 Å². The number of carbonyl (C=O) groups is 1. The summed E-state index contributed by atoms with van der Waals surface area (Å²) in [5.74, 6) is -1.19. The standard InChI is InChI=1S/C17H16ClF3N2O3S2/c18-14-6-5-12(9-13(14)17(19,20)21)22-16(24)11-3-1-7-23(10-11)28(25,26)15-4-2-8-27-15/h2,4-6,8-9,11H,1,3,7,10H2,(H,22,24). The second-order valence-corrected chi connectivity index (χ2v) is 9.84. The van der Waals surface area contributed by atoms with Crippen molar-refractivity contribution in [1.82, 2.24) is 4.31 Å². The number of benzene rings is 1. The summed E-state index contributed by atoms with van der Waals surface area (Å²) in [7, 11) is -3.68. The van der Waals surface area contributed by atoms with E-state index in [2.05, 4.69) is 5.32 Å². The number of nitrogens with zero attached hydrogens (tertiary/aromatic N) is 1. The van der Waals surface area contributed by atoms with Crippen molar-refractivity contribution in [1.29, 1.82) is 0 Å². The molecule has 0 aliphatic carbocycles. The highest BCUT2D eigenvalue weighted by molar-refractivity contribution is 7.91. The zero-order valence-corrected chi connectivity index (χ0v) is 16.8. The van der Waals surface area contributed by atoms with Gasteiger partial charge in [0.05, 0.1) is 16.5 Å². The van der Waals surface area contributed by atoms with Crippen LogP contribution in [0.5, 0.6) is 0 Å². The number of piperidine rings is 1. The number of thiophene rings is 1. The van der Waals surface area contributed by atoms with Crippen LogP contribution in [0.2, 0.25) is 5.02 Å². The number of anilines is 1. The maximum Gasteiger partial charge on any atom is 0.417 e. The van der Waals surface area contributed by atoms with Crippen LogP contribution in [0.25, 0.3) is 0 Å². The van der Waals surface area contributed by atoms with E-state index in [0.717, 1.165) is 23.5 Å². The first-order chi connectivity index (χ1) is 13.1. The number of carbonyl (C=O) groups excluding carboxylic acids is 1. The number of amides is 1. The van der Waals surface area contributed by atoms with E-state index < -0.39 is 38.6 Å². The largest absolute Gasteiger partial charge is 0.417 e. The van der Waals surface area contributed by atoms with Crippen LogP contribution in [0.15, 0.2) is 39.9 Å². The second-order valence-electron chi connectivity index (χ2n) is 6.32. The smallest absolute Gasteiger partial charge is 0.326 e. The highest BCUT2D eigenvalue weighted by atomic mass is 35.5. The van der Waals surface area contributed by atoms with Crippen molar-refractivity contribution in [3.63, 3.8) is 0 Å². The molecule has 28 heavy (non-hydrogen) atoms.